The lowest BCUT2D eigenvalue weighted by Crippen LogP contribution is -2.52. The maximum absolute atomic E-state index is 13.7. The standard InChI is InChI=1S/C26H39N3O4/c1-32-16-8-15-28(18-20-9-7-14-27-13-6-5-10-22(20)27)26(31)21-17-25(30)29(19-21)23-11-3-4-12-24(23)33-2/h3-4,11-12,20-22H,5-10,13-19H2,1-2H3/t20-,21+,22+/m0/s1. The number of fused-ring (bicyclic) bond motifs is 1. The minimum absolute atomic E-state index is 0.00851. The van der Waals surface area contributed by atoms with Gasteiger partial charge < -0.3 is 24.2 Å². The molecule has 0 bridgehead atoms. The molecular weight excluding hydrogens is 418 g/mol. The molecular formula is C26H39N3O4. The van der Waals surface area contributed by atoms with Crippen molar-refractivity contribution in [3.8, 4) is 5.75 Å². The number of anilines is 1. The number of piperidine rings is 2. The van der Waals surface area contributed by atoms with Crippen molar-refractivity contribution < 1.29 is 19.1 Å². The maximum Gasteiger partial charge on any atom is 0.228 e. The summed E-state index contributed by atoms with van der Waals surface area (Å²) in [5.41, 5.74) is 0.747. The second-order valence-corrected chi connectivity index (χ2v) is 9.71. The van der Waals surface area contributed by atoms with Gasteiger partial charge in [0.1, 0.15) is 5.75 Å². The smallest absolute Gasteiger partial charge is 0.228 e. The van der Waals surface area contributed by atoms with Gasteiger partial charge >= 0.3 is 0 Å². The van der Waals surface area contributed by atoms with Crippen LogP contribution in [0.15, 0.2) is 24.3 Å². The predicted octanol–water partition coefficient (Wildman–Crippen LogP) is 3.18. The molecule has 0 N–H and O–H groups in total. The summed E-state index contributed by atoms with van der Waals surface area (Å²) >= 11 is 0. The summed E-state index contributed by atoms with van der Waals surface area (Å²) < 4.78 is 10.7. The molecule has 7 nitrogen and oxygen atoms in total. The number of rotatable bonds is 9. The zero-order valence-electron chi connectivity index (χ0n) is 20.2. The number of hydrogen-bond donors (Lipinski definition) is 0. The topological polar surface area (TPSA) is 62.3 Å². The summed E-state index contributed by atoms with van der Waals surface area (Å²) in [6.07, 6.45) is 7.31. The average Bonchev–Trinajstić information content (AvgIpc) is 3.24. The van der Waals surface area contributed by atoms with Gasteiger partial charge in [-0.15, -0.1) is 0 Å². The van der Waals surface area contributed by atoms with Gasteiger partial charge in [0, 0.05) is 45.8 Å². The van der Waals surface area contributed by atoms with Crippen molar-refractivity contribution in [2.45, 2.75) is 51.0 Å². The summed E-state index contributed by atoms with van der Waals surface area (Å²) in [6.45, 7) is 4.94. The van der Waals surface area contributed by atoms with Crippen LogP contribution in [0.5, 0.6) is 5.75 Å². The van der Waals surface area contributed by atoms with E-state index in [1.807, 2.05) is 29.2 Å². The van der Waals surface area contributed by atoms with Gasteiger partial charge in [0.2, 0.25) is 11.8 Å². The molecule has 182 valence electrons. The molecule has 3 aliphatic heterocycles. The highest BCUT2D eigenvalue weighted by atomic mass is 16.5. The van der Waals surface area contributed by atoms with Gasteiger partial charge in [0.25, 0.3) is 0 Å². The molecule has 3 aliphatic rings. The number of amides is 2. The van der Waals surface area contributed by atoms with Gasteiger partial charge in [-0.1, -0.05) is 18.6 Å². The first-order valence-corrected chi connectivity index (χ1v) is 12.6. The van der Waals surface area contributed by atoms with E-state index in [0.29, 0.717) is 37.4 Å². The van der Waals surface area contributed by atoms with Crippen molar-refractivity contribution in [1.82, 2.24) is 9.80 Å². The molecule has 0 aromatic heterocycles. The van der Waals surface area contributed by atoms with E-state index >= 15 is 0 Å². The van der Waals surface area contributed by atoms with Gasteiger partial charge in [0.05, 0.1) is 18.7 Å². The van der Waals surface area contributed by atoms with Crippen LogP contribution < -0.4 is 9.64 Å². The SMILES string of the molecule is COCCCN(C[C@@H]1CCCN2CCCC[C@H]12)C(=O)[C@@H]1CC(=O)N(c2ccccc2OC)C1. The Balaban J connectivity index is 1.46. The fourth-order valence-electron chi connectivity index (χ4n) is 5.98. The number of nitrogens with zero attached hydrogens (tertiary/aromatic N) is 3. The van der Waals surface area contributed by atoms with Crippen LogP contribution in [0.25, 0.3) is 0 Å². The first-order chi connectivity index (χ1) is 16.1. The Morgan fingerprint density at radius 1 is 1.12 bits per heavy atom. The average molecular weight is 458 g/mol. The van der Waals surface area contributed by atoms with E-state index in [9.17, 15) is 9.59 Å². The largest absolute Gasteiger partial charge is 0.495 e. The number of benzene rings is 1. The van der Waals surface area contributed by atoms with Gasteiger partial charge in [-0.2, -0.15) is 0 Å². The van der Waals surface area contributed by atoms with Gasteiger partial charge in [-0.05, 0) is 63.2 Å². The predicted molar refractivity (Wildman–Crippen MR) is 128 cm³/mol. The second kappa shape index (κ2) is 11.3. The third-order valence-electron chi connectivity index (χ3n) is 7.62. The molecule has 2 amide bonds. The Labute approximate surface area is 198 Å². The number of carbonyl (C=O) groups is 2. The van der Waals surface area contributed by atoms with E-state index in [-0.39, 0.29) is 24.2 Å². The molecule has 1 aromatic carbocycles. The van der Waals surface area contributed by atoms with Crippen molar-refractivity contribution in [2.75, 3.05) is 58.5 Å². The van der Waals surface area contributed by atoms with Crippen LogP contribution in [0.1, 0.15) is 44.9 Å². The fraction of sp³-hybridized carbons (Fsp3) is 0.692. The molecule has 3 heterocycles. The number of carbonyl (C=O) groups excluding carboxylic acids is 2. The van der Waals surface area contributed by atoms with Crippen molar-refractivity contribution in [1.29, 1.82) is 0 Å². The first kappa shape index (κ1) is 24.0. The summed E-state index contributed by atoms with van der Waals surface area (Å²) in [7, 11) is 3.31. The highest BCUT2D eigenvalue weighted by Gasteiger charge is 2.40. The third-order valence-corrected chi connectivity index (χ3v) is 7.62. The van der Waals surface area contributed by atoms with Crippen LogP contribution in [0.3, 0.4) is 0 Å². The minimum atomic E-state index is -0.309. The molecule has 3 saturated heterocycles. The zero-order valence-corrected chi connectivity index (χ0v) is 20.2. The van der Waals surface area contributed by atoms with E-state index in [1.54, 1.807) is 19.1 Å². The molecule has 4 rings (SSSR count). The summed E-state index contributed by atoms with van der Waals surface area (Å²) in [6, 6.07) is 8.13. The van der Waals surface area contributed by atoms with Gasteiger partial charge in [-0.3, -0.25) is 9.59 Å². The van der Waals surface area contributed by atoms with Crippen LogP contribution in [-0.4, -0.2) is 81.2 Å². The highest BCUT2D eigenvalue weighted by Crippen LogP contribution is 2.35. The Morgan fingerprint density at radius 3 is 2.76 bits per heavy atom. The van der Waals surface area contributed by atoms with Crippen molar-refractivity contribution in [3.63, 3.8) is 0 Å². The lowest BCUT2D eigenvalue weighted by atomic mass is 9.83. The number of hydrogen-bond acceptors (Lipinski definition) is 5. The minimum Gasteiger partial charge on any atom is -0.495 e. The number of ether oxygens (including phenoxy) is 2. The lowest BCUT2D eigenvalue weighted by molar-refractivity contribution is -0.137. The summed E-state index contributed by atoms with van der Waals surface area (Å²) in [5, 5.41) is 0. The van der Waals surface area contributed by atoms with E-state index in [4.69, 9.17) is 9.47 Å². The molecule has 0 saturated carbocycles. The molecule has 0 aliphatic carbocycles. The van der Waals surface area contributed by atoms with E-state index in [1.165, 1.54) is 45.2 Å². The van der Waals surface area contributed by atoms with E-state index < -0.39 is 0 Å². The van der Waals surface area contributed by atoms with Crippen LogP contribution in [0, 0.1) is 11.8 Å². The molecule has 3 fully saturated rings. The molecule has 1 aromatic rings. The first-order valence-electron chi connectivity index (χ1n) is 12.6. The maximum atomic E-state index is 13.7. The normalized spacial score (nSPS) is 25.7. The second-order valence-electron chi connectivity index (χ2n) is 9.71. The zero-order chi connectivity index (χ0) is 23.2. The van der Waals surface area contributed by atoms with Crippen LogP contribution in [-0.2, 0) is 14.3 Å². The Bertz CT molecular complexity index is 814. The molecule has 0 spiro atoms. The van der Waals surface area contributed by atoms with Crippen LogP contribution >= 0.6 is 0 Å². The van der Waals surface area contributed by atoms with Crippen LogP contribution in [0.2, 0.25) is 0 Å². The Morgan fingerprint density at radius 2 is 1.94 bits per heavy atom. The Kier molecular flexibility index (Phi) is 8.25. The number of para-hydroxylation sites is 2. The van der Waals surface area contributed by atoms with Crippen molar-refractivity contribution in [3.05, 3.63) is 24.3 Å². The highest BCUT2D eigenvalue weighted by molar-refractivity contribution is 6.01. The molecule has 33 heavy (non-hydrogen) atoms. The molecule has 3 atom stereocenters. The fourth-order valence-corrected chi connectivity index (χ4v) is 5.98. The van der Waals surface area contributed by atoms with Gasteiger partial charge in [-0.25, -0.2) is 0 Å². The molecule has 0 radical (unpaired) electrons. The summed E-state index contributed by atoms with van der Waals surface area (Å²) in [4.78, 5) is 33.0. The monoisotopic (exact) mass is 457 g/mol. The lowest BCUT2D eigenvalue weighted by Gasteiger charge is -2.46. The molecule has 7 heteroatoms. The van der Waals surface area contributed by atoms with Crippen molar-refractivity contribution >= 4 is 17.5 Å². The van der Waals surface area contributed by atoms with Crippen LogP contribution in [0.4, 0.5) is 5.69 Å². The number of methoxy groups -OCH3 is 2. The van der Waals surface area contributed by atoms with E-state index in [2.05, 4.69) is 4.90 Å². The van der Waals surface area contributed by atoms with Crippen molar-refractivity contribution in [2.24, 2.45) is 11.8 Å². The van der Waals surface area contributed by atoms with E-state index in [0.717, 1.165) is 18.7 Å². The molecule has 0 unspecified atom stereocenters. The van der Waals surface area contributed by atoms with Gasteiger partial charge in [0.15, 0.2) is 0 Å². The quantitative estimate of drug-likeness (QED) is 0.533. The summed E-state index contributed by atoms with van der Waals surface area (Å²) in [5.74, 6) is 0.982. The third kappa shape index (κ3) is 5.52. The Hall–Kier alpha value is -2.12.